The summed E-state index contributed by atoms with van der Waals surface area (Å²) in [6.07, 6.45) is 0. The van der Waals surface area contributed by atoms with Crippen molar-refractivity contribution >= 4 is 34.3 Å². The molecule has 0 bridgehead atoms. The summed E-state index contributed by atoms with van der Waals surface area (Å²) in [5, 5.41) is 4.20. The van der Waals surface area contributed by atoms with Gasteiger partial charge in [-0.3, -0.25) is 0 Å². The highest BCUT2D eigenvalue weighted by molar-refractivity contribution is 7.11. The second kappa shape index (κ2) is 5.63. The topological polar surface area (TPSA) is 15.3 Å². The van der Waals surface area contributed by atoms with Crippen LogP contribution in [0.1, 0.15) is 9.75 Å². The molecule has 96 valence electrons. The first-order chi connectivity index (χ1) is 8.56. The van der Waals surface area contributed by atoms with E-state index in [-0.39, 0.29) is 0 Å². The summed E-state index contributed by atoms with van der Waals surface area (Å²) in [6.45, 7) is 2.96. The highest BCUT2D eigenvalue weighted by Gasteiger charge is 2.05. The smallest absolute Gasteiger partial charge is 0.0597 e. The zero-order valence-corrected chi connectivity index (χ0v) is 12.4. The molecule has 18 heavy (non-hydrogen) atoms. The molecule has 1 aromatic carbocycles. The third-order valence-electron chi connectivity index (χ3n) is 2.69. The van der Waals surface area contributed by atoms with Crippen LogP contribution in [0.15, 0.2) is 30.3 Å². The van der Waals surface area contributed by atoms with Gasteiger partial charge in [0.25, 0.3) is 0 Å². The third-order valence-corrected chi connectivity index (χ3v) is 3.93. The Morgan fingerprint density at radius 3 is 2.61 bits per heavy atom. The molecule has 2 aromatic rings. The van der Waals surface area contributed by atoms with Gasteiger partial charge in [0.15, 0.2) is 0 Å². The first-order valence-corrected chi connectivity index (χ1v) is 7.02. The van der Waals surface area contributed by atoms with Crippen LogP contribution in [0.3, 0.4) is 0 Å². The average molecular weight is 281 g/mol. The van der Waals surface area contributed by atoms with E-state index >= 15 is 0 Å². The second-order valence-corrected chi connectivity index (χ2v) is 6.23. The molecule has 0 unspecified atom stereocenters. The number of thiophene rings is 1. The fourth-order valence-electron chi connectivity index (χ4n) is 1.80. The van der Waals surface area contributed by atoms with Crippen LogP contribution in [0.25, 0.3) is 0 Å². The Hall–Kier alpha value is -1.19. The van der Waals surface area contributed by atoms with E-state index in [2.05, 4.69) is 29.3 Å². The maximum atomic E-state index is 6.05. The van der Waals surface area contributed by atoms with Crippen LogP contribution >= 0.6 is 22.9 Å². The number of nitrogens with zero attached hydrogens (tertiary/aromatic N) is 1. The van der Waals surface area contributed by atoms with Gasteiger partial charge in [-0.25, -0.2) is 0 Å². The van der Waals surface area contributed by atoms with Gasteiger partial charge in [0, 0.05) is 35.4 Å². The molecule has 2 rings (SSSR count). The van der Waals surface area contributed by atoms with Gasteiger partial charge in [-0.15, -0.1) is 11.3 Å². The van der Waals surface area contributed by atoms with Crippen molar-refractivity contribution in [3.63, 3.8) is 0 Å². The molecule has 0 aliphatic rings. The lowest BCUT2D eigenvalue weighted by atomic mass is 10.2. The second-order valence-electron chi connectivity index (χ2n) is 4.42. The van der Waals surface area contributed by atoms with Crippen molar-refractivity contribution in [2.75, 3.05) is 24.3 Å². The predicted molar refractivity (Wildman–Crippen MR) is 82.2 cm³/mol. The van der Waals surface area contributed by atoms with Crippen LogP contribution in [0.5, 0.6) is 0 Å². The fourth-order valence-corrected chi connectivity index (χ4v) is 2.80. The van der Waals surface area contributed by atoms with E-state index in [1.165, 1.54) is 9.75 Å². The van der Waals surface area contributed by atoms with Gasteiger partial charge in [0.05, 0.1) is 11.4 Å². The summed E-state index contributed by atoms with van der Waals surface area (Å²) < 4.78 is 0. The summed E-state index contributed by atoms with van der Waals surface area (Å²) >= 11 is 7.87. The Morgan fingerprint density at radius 1 is 1.22 bits per heavy atom. The number of benzene rings is 1. The van der Waals surface area contributed by atoms with Gasteiger partial charge in [0.1, 0.15) is 0 Å². The van der Waals surface area contributed by atoms with Crippen molar-refractivity contribution in [3.05, 3.63) is 45.1 Å². The number of hydrogen-bond acceptors (Lipinski definition) is 3. The molecule has 0 amide bonds. The molecule has 1 N–H and O–H groups in total. The van der Waals surface area contributed by atoms with Gasteiger partial charge in [0.2, 0.25) is 0 Å². The third kappa shape index (κ3) is 3.18. The molecule has 0 atom stereocenters. The summed E-state index contributed by atoms with van der Waals surface area (Å²) in [4.78, 5) is 4.75. The molecule has 0 radical (unpaired) electrons. The molecule has 1 aromatic heterocycles. The zero-order valence-electron chi connectivity index (χ0n) is 10.8. The summed E-state index contributed by atoms with van der Waals surface area (Å²) in [5.74, 6) is 0. The van der Waals surface area contributed by atoms with Crippen molar-refractivity contribution in [1.29, 1.82) is 0 Å². The largest absolute Gasteiger partial charge is 0.378 e. The van der Waals surface area contributed by atoms with Crippen LogP contribution < -0.4 is 10.2 Å². The van der Waals surface area contributed by atoms with E-state index in [1.54, 1.807) is 0 Å². The molecule has 1 heterocycles. The van der Waals surface area contributed by atoms with Crippen molar-refractivity contribution in [3.8, 4) is 0 Å². The first-order valence-electron chi connectivity index (χ1n) is 5.82. The van der Waals surface area contributed by atoms with Crippen molar-refractivity contribution in [2.45, 2.75) is 13.5 Å². The maximum Gasteiger partial charge on any atom is 0.0597 e. The highest BCUT2D eigenvalue weighted by Crippen LogP contribution is 2.28. The molecule has 0 aliphatic heterocycles. The quantitative estimate of drug-likeness (QED) is 0.894. The Labute approximate surface area is 117 Å². The lowest BCUT2D eigenvalue weighted by Crippen LogP contribution is -2.11. The lowest BCUT2D eigenvalue weighted by Gasteiger charge is -2.18. The molecule has 4 heteroatoms. The summed E-state index contributed by atoms with van der Waals surface area (Å²) in [6, 6.07) is 10.2. The Kier molecular flexibility index (Phi) is 4.15. The fraction of sp³-hybridized carbons (Fsp3) is 0.286. The van der Waals surface area contributed by atoms with Gasteiger partial charge in [-0.2, -0.15) is 0 Å². The molecular weight excluding hydrogens is 264 g/mol. The lowest BCUT2D eigenvalue weighted by molar-refractivity contribution is 1.11. The van der Waals surface area contributed by atoms with E-state index < -0.39 is 0 Å². The van der Waals surface area contributed by atoms with Crippen LogP contribution in [0, 0.1) is 6.92 Å². The van der Waals surface area contributed by atoms with Gasteiger partial charge >= 0.3 is 0 Å². The number of halogens is 1. The maximum absolute atomic E-state index is 6.05. The number of anilines is 2. The van der Waals surface area contributed by atoms with E-state index in [1.807, 2.05) is 43.6 Å². The normalized spacial score (nSPS) is 10.4. The van der Waals surface area contributed by atoms with Crippen molar-refractivity contribution in [1.82, 2.24) is 0 Å². The number of aryl methyl sites for hydroxylation is 1. The summed E-state index contributed by atoms with van der Waals surface area (Å²) in [7, 11) is 4.06. The van der Waals surface area contributed by atoms with Crippen LogP contribution in [-0.4, -0.2) is 14.1 Å². The first kappa shape index (κ1) is 13.2. The van der Waals surface area contributed by atoms with Gasteiger partial charge in [-0.1, -0.05) is 11.6 Å². The Bertz CT molecular complexity index is 534. The van der Waals surface area contributed by atoms with Crippen LogP contribution in [-0.2, 0) is 6.54 Å². The highest BCUT2D eigenvalue weighted by atomic mass is 35.5. The van der Waals surface area contributed by atoms with Gasteiger partial charge < -0.3 is 10.2 Å². The molecule has 2 nitrogen and oxygen atoms in total. The number of nitrogens with one attached hydrogen (secondary N) is 1. The number of hydrogen-bond donors (Lipinski definition) is 1. The zero-order chi connectivity index (χ0) is 13.1. The minimum absolute atomic E-state index is 0.755. The van der Waals surface area contributed by atoms with Crippen molar-refractivity contribution in [2.24, 2.45) is 0 Å². The SMILES string of the molecule is Cc1ccc(CNc2cc(Cl)ccc2N(C)C)s1. The molecule has 0 spiro atoms. The molecule has 0 saturated heterocycles. The van der Waals surface area contributed by atoms with Crippen LogP contribution in [0.2, 0.25) is 5.02 Å². The predicted octanol–water partition coefficient (Wildman–Crippen LogP) is 4.39. The average Bonchev–Trinajstić information content (AvgIpc) is 2.72. The molecule has 0 fully saturated rings. The molecule has 0 saturated carbocycles. The van der Waals surface area contributed by atoms with E-state index in [0.29, 0.717) is 0 Å². The summed E-state index contributed by atoms with van der Waals surface area (Å²) in [5.41, 5.74) is 2.21. The monoisotopic (exact) mass is 280 g/mol. The Morgan fingerprint density at radius 2 is 2.00 bits per heavy atom. The minimum Gasteiger partial charge on any atom is -0.378 e. The van der Waals surface area contributed by atoms with E-state index in [9.17, 15) is 0 Å². The standard InChI is InChI=1S/C14H17ClN2S/c1-10-4-6-12(18-10)9-16-13-8-11(15)5-7-14(13)17(2)3/h4-8,16H,9H2,1-3H3. The van der Waals surface area contributed by atoms with Crippen LogP contribution in [0.4, 0.5) is 11.4 Å². The van der Waals surface area contributed by atoms with E-state index in [4.69, 9.17) is 11.6 Å². The molecular formula is C14H17ClN2S. The van der Waals surface area contributed by atoms with Crippen molar-refractivity contribution < 1.29 is 0 Å². The van der Waals surface area contributed by atoms with E-state index in [0.717, 1.165) is 22.9 Å². The minimum atomic E-state index is 0.755. The molecule has 0 aliphatic carbocycles. The van der Waals surface area contributed by atoms with Gasteiger partial charge in [-0.05, 0) is 37.3 Å². The Balaban J connectivity index is 2.15. The number of rotatable bonds is 4.